The number of carbonyl (C=O) groups excluding carboxylic acids is 3. The fourth-order valence-electron chi connectivity index (χ4n) is 3.69. The summed E-state index contributed by atoms with van der Waals surface area (Å²) in [6.45, 7) is 4.30. The van der Waals surface area contributed by atoms with E-state index in [9.17, 15) is 14.4 Å². The Kier molecular flexibility index (Phi) is 7.95. The predicted molar refractivity (Wildman–Crippen MR) is 146 cm³/mol. The average Bonchev–Trinajstić information content (AvgIpc) is 2.84. The zero-order valence-electron chi connectivity index (χ0n) is 19.5. The van der Waals surface area contributed by atoms with E-state index in [1.165, 1.54) is 6.08 Å². The molecule has 0 atom stereocenters. The number of hydrogen-bond acceptors (Lipinski definition) is 5. The third kappa shape index (κ3) is 5.39. The highest BCUT2D eigenvalue weighted by Gasteiger charge is 2.37. The van der Waals surface area contributed by atoms with E-state index in [1.54, 1.807) is 37.3 Å². The summed E-state index contributed by atoms with van der Waals surface area (Å²) in [5, 5.41) is 2.64. The Balaban J connectivity index is 1.69. The number of barbiturate groups is 1. The quantitative estimate of drug-likeness (QED) is 0.203. The molecule has 3 aromatic carbocycles. The van der Waals surface area contributed by atoms with E-state index in [-0.39, 0.29) is 5.57 Å². The third-order valence-corrected chi connectivity index (χ3v) is 6.66. The van der Waals surface area contributed by atoms with Crippen LogP contribution < -0.4 is 19.7 Å². The molecule has 1 N–H and O–H groups in total. The molecule has 1 fully saturated rings. The van der Waals surface area contributed by atoms with E-state index in [2.05, 4.69) is 27.9 Å². The monoisotopic (exact) mass is 616 g/mol. The molecule has 3 aromatic rings. The van der Waals surface area contributed by atoms with Crippen molar-refractivity contribution in [2.45, 2.75) is 20.5 Å². The Morgan fingerprint density at radius 3 is 2.50 bits per heavy atom. The van der Waals surface area contributed by atoms with Crippen molar-refractivity contribution in [2.24, 2.45) is 0 Å². The SMILES string of the molecule is CCOc1cc(/C=C2\C(=O)NC(=O)N(c3cccc(Cl)c3C)C2=O)cc(I)c1OCc1ccccc1. The summed E-state index contributed by atoms with van der Waals surface area (Å²) in [7, 11) is 0. The summed E-state index contributed by atoms with van der Waals surface area (Å²) in [5.41, 5.74) is 2.21. The van der Waals surface area contributed by atoms with E-state index in [1.807, 2.05) is 37.3 Å². The van der Waals surface area contributed by atoms with Crippen LogP contribution in [0.5, 0.6) is 11.5 Å². The second kappa shape index (κ2) is 11.1. The molecule has 1 aliphatic rings. The van der Waals surface area contributed by atoms with E-state index < -0.39 is 17.8 Å². The molecule has 0 unspecified atom stereocenters. The van der Waals surface area contributed by atoms with Crippen LogP contribution in [0.15, 0.2) is 66.2 Å². The van der Waals surface area contributed by atoms with Crippen molar-refractivity contribution in [1.82, 2.24) is 5.32 Å². The first-order valence-electron chi connectivity index (χ1n) is 11.1. The fraction of sp³-hybridized carbons (Fsp3) is 0.148. The average molecular weight is 617 g/mol. The number of benzene rings is 3. The molecule has 7 nitrogen and oxygen atoms in total. The molecule has 0 aliphatic carbocycles. The van der Waals surface area contributed by atoms with Gasteiger partial charge in [0.15, 0.2) is 11.5 Å². The van der Waals surface area contributed by atoms with Crippen LogP contribution in [0, 0.1) is 10.5 Å². The van der Waals surface area contributed by atoms with Crippen LogP contribution in [0.2, 0.25) is 5.02 Å². The van der Waals surface area contributed by atoms with Gasteiger partial charge in [-0.25, -0.2) is 9.69 Å². The van der Waals surface area contributed by atoms with Crippen molar-refractivity contribution in [2.75, 3.05) is 11.5 Å². The fourth-order valence-corrected chi connectivity index (χ4v) is 4.64. The Labute approximate surface area is 227 Å². The Bertz CT molecular complexity index is 1370. The van der Waals surface area contributed by atoms with Crippen LogP contribution in [0.25, 0.3) is 6.08 Å². The molecule has 1 heterocycles. The molecule has 184 valence electrons. The van der Waals surface area contributed by atoms with Gasteiger partial charge in [-0.2, -0.15) is 0 Å². The molecular formula is C27H22ClIN2O5. The number of hydrogen-bond donors (Lipinski definition) is 1. The number of amides is 4. The van der Waals surface area contributed by atoms with Gasteiger partial charge in [0.25, 0.3) is 11.8 Å². The van der Waals surface area contributed by atoms with Gasteiger partial charge in [0, 0.05) is 5.02 Å². The number of nitrogens with zero attached hydrogens (tertiary/aromatic N) is 1. The Morgan fingerprint density at radius 2 is 1.78 bits per heavy atom. The van der Waals surface area contributed by atoms with Crippen LogP contribution >= 0.6 is 34.2 Å². The lowest BCUT2D eigenvalue weighted by molar-refractivity contribution is -0.122. The molecule has 36 heavy (non-hydrogen) atoms. The van der Waals surface area contributed by atoms with Crippen LogP contribution in [0.1, 0.15) is 23.6 Å². The van der Waals surface area contributed by atoms with Gasteiger partial charge in [-0.15, -0.1) is 0 Å². The maximum Gasteiger partial charge on any atom is 0.335 e. The number of anilines is 1. The highest BCUT2D eigenvalue weighted by Crippen LogP contribution is 2.36. The van der Waals surface area contributed by atoms with Crippen molar-refractivity contribution in [3.63, 3.8) is 0 Å². The van der Waals surface area contributed by atoms with Gasteiger partial charge in [0.2, 0.25) is 0 Å². The van der Waals surface area contributed by atoms with Crippen molar-refractivity contribution < 1.29 is 23.9 Å². The first kappa shape index (κ1) is 25.7. The lowest BCUT2D eigenvalue weighted by Crippen LogP contribution is -2.54. The molecule has 0 spiro atoms. The topological polar surface area (TPSA) is 84.9 Å². The van der Waals surface area contributed by atoms with Gasteiger partial charge in [0.1, 0.15) is 12.2 Å². The summed E-state index contributed by atoms with van der Waals surface area (Å²) in [6.07, 6.45) is 1.43. The number of carbonyl (C=O) groups is 3. The number of halogens is 2. The first-order chi connectivity index (χ1) is 17.3. The maximum absolute atomic E-state index is 13.3. The Morgan fingerprint density at radius 1 is 1.03 bits per heavy atom. The van der Waals surface area contributed by atoms with Crippen LogP contribution in [-0.4, -0.2) is 24.5 Å². The number of imide groups is 2. The minimum Gasteiger partial charge on any atom is -0.490 e. The highest BCUT2D eigenvalue weighted by molar-refractivity contribution is 14.1. The van der Waals surface area contributed by atoms with E-state index >= 15 is 0 Å². The van der Waals surface area contributed by atoms with Crippen molar-refractivity contribution >= 4 is 63.8 Å². The summed E-state index contributed by atoms with van der Waals surface area (Å²) in [5.74, 6) is -0.478. The minimum atomic E-state index is -0.832. The van der Waals surface area contributed by atoms with E-state index in [0.29, 0.717) is 46.5 Å². The van der Waals surface area contributed by atoms with Crippen LogP contribution in [-0.2, 0) is 16.2 Å². The molecule has 4 rings (SSSR count). The summed E-state index contributed by atoms with van der Waals surface area (Å²) < 4.78 is 12.6. The van der Waals surface area contributed by atoms with Gasteiger partial charge in [-0.1, -0.05) is 48.0 Å². The largest absolute Gasteiger partial charge is 0.490 e. The molecule has 0 bridgehead atoms. The molecule has 9 heteroatoms. The second-order valence-electron chi connectivity index (χ2n) is 7.88. The molecule has 4 amide bonds. The summed E-state index contributed by atoms with van der Waals surface area (Å²) in [6, 6.07) is 17.3. The molecule has 0 radical (unpaired) electrons. The third-order valence-electron chi connectivity index (χ3n) is 5.45. The van der Waals surface area contributed by atoms with Gasteiger partial charge in [-0.05, 0) is 83.5 Å². The lowest BCUT2D eigenvalue weighted by atomic mass is 10.1. The molecule has 1 saturated heterocycles. The molecule has 1 aliphatic heterocycles. The predicted octanol–water partition coefficient (Wildman–Crippen LogP) is 5.90. The van der Waals surface area contributed by atoms with Crippen molar-refractivity contribution in [3.8, 4) is 11.5 Å². The zero-order valence-corrected chi connectivity index (χ0v) is 22.4. The van der Waals surface area contributed by atoms with Crippen molar-refractivity contribution in [1.29, 1.82) is 0 Å². The second-order valence-corrected chi connectivity index (χ2v) is 9.45. The maximum atomic E-state index is 13.3. The molecule has 0 saturated carbocycles. The smallest absolute Gasteiger partial charge is 0.335 e. The first-order valence-corrected chi connectivity index (χ1v) is 12.6. The van der Waals surface area contributed by atoms with Crippen molar-refractivity contribution in [3.05, 3.63) is 91.5 Å². The normalized spacial score (nSPS) is 14.7. The van der Waals surface area contributed by atoms with E-state index in [4.69, 9.17) is 21.1 Å². The highest BCUT2D eigenvalue weighted by atomic mass is 127. The minimum absolute atomic E-state index is 0.190. The summed E-state index contributed by atoms with van der Waals surface area (Å²) >= 11 is 8.31. The number of nitrogens with one attached hydrogen (secondary N) is 1. The molecular weight excluding hydrogens is 595 g/mol. The number of urea groups is 1. The van der Waals surface area contributed by atoms with Gasteiger partial charge >= 0.3 is 6.03 Å². The van der Waals surface area contributed by atoms with Crippen LogP contribution in [0.4, 0.5) is 10.5 Å². The number of rotatable bonds is 7. The Hall–Kier alpha value is -3.37. The molecule has 0 aromatic heterocycles. The summed E-state index contributed by atoms with van der Waals surface area (Å²) in [4.78, 5) is 39.4. The zero-order chi connectivity index (χ0) is 25.8. The number of ether oxygens (including phenoxy) is 2. The van der Waals surface area contributed by atoms with Gasteiger partial charge in [-0.3, -0.25) is 14.9 Å². The van der Waals surface area contributed by atoms with Gasteiger partial charge in [0.05, 0.1) is 15.9 Å². The lowest BCUT2D eigenvalue weighted by Gasteiger charge is -2.27. The van der Waals surface area contributed by atoms with Crippen LogP contribution in [0.3, 0.4) is 0 Å². The van der Waals surface area contributed by atoms with Gasteiger partial charge < -0.3 is 9.47 Å². The standard InChI is InChI=1S/C27H22ClIN2O5/c1-3-35-23-14-18(13-21(29)24(23)36-15-17-8-5-4-6-9-17)12-19-25(32)30-27(34)31(26(19)33)22-11-7-10-20(28)16(22)2/h4-14H,3,15H2,1-2H3,(H,30,32,34)/b19-12+. The van der Waals surface area contributed by atoms with E-state index in [0.717, 1.165) is 14.0 Å².